The van der Waals surface area contributed by atoms with E-state index in [1.165, 1.54) is 30.5 Å². The van der Waals surface area contributed by atoms with Gasteiger partial charge in [0.15, 0.2) is 17.3 Å². The fourth-order valence-corrected chi connectivity index (χ4v) is 3.21. The molecule has 11 heteroatoms. The maximum absolute atomic E-state index is 14.6. The molecule has 0 atom stereocenters. The van der Waals surface area contributed by atoms with E-state index < -0.39 is 28.5 Å². The van der Waals surface area contributed by atoms with Gasteiger partial charge in [0, 0.05) is 23.4 Å². The first-order chi connectivity index (χ1) is 16.1. The van der Waals surface area contributed by atoms with E-state index in [0.29, 0.717) is 17.1 Å². The van der Waals surface area contributed by atoms with E-state index in [0.717, 1.165) is 18.2 Å². The number of hydrogen-bond acceptors (Lipinski definition) is 5. The second kappa shape index (κ2) is 8.96. The average Bonchev–Trinajstić information content (AvgIpc) is 2.79. The van der Waals surface area contributed by atoms with Crippen LogP contribution in [-0.4, -0.2) is 15.9 Å². The number of fused-ring (bicyclic) bond motifs is 1. The highest BCUT2D eigenvalue weighted by molar-refractivity contribution is 6.31. The number of nitrogens with zero attached hydrogens (tertiary/aromatic N) is 3. The Kier molecular flexibility index (Phi) is 6.04. The molecule has 4 rings (SSSR count). The second-order valence-corrected chi connectivity index (χ2v) is 7.32. The van der Waals surface area contributed by atoms with Crippen LogP contribution >= 0.6 is 11.6 Å². The van der Waals surface area contributed by atoms with Crippen molar-refractivity contribution >= 4 is 34.2 Å². The Morgan fingerprint density at radius 1 is 1.06 bits per heavy atom. The summed E-state index contributed by atoms with van der Waals surface area (Å²) in [5.41, 5.74) is -0.451. The summed E-state index contributed by atoms with van der Waals surface area (Å²) < 4.78 is 59.2. The molecule has 1 heterocycles. The predicted molar refractivity (Wildman–Crippen MR) is 115 cm³/mol. The first-order valence-electron chi connectivity index (χ1n) is 9.46. The summed E-state index contributed by atoms with van der Waals surface area (Å²) in [4.78, 5) is 20.5. The summed E-state index contributed by atoms with van der Waals surface area (Å²) in [6.07, 6.45) is -3.41. The molecule has 0 aliphatic heterocycles. The number of carbonyl (C=O) groups is 1. The van der Waals surface area contributed by atoms with E-state index in [4.69, 9.17) is 21.6 Å². The van der Waals surface area contributed by atoms with Crippen LogP contribution < -0.4 is 10.1 Å². The predicted octanol–water partition coefficient (Wildman–Crippen LogP) is 6.36. The summed E-state index contributed by atoms with van der Waals surface area (Å²) in [6.45, 7) is 0. The van der Waals surface area contributed by atoms with E-state index in [-0.39, 0.29) is 28.4 Å². The van der Waals surface area contributed by atoms with Crippen LogP contribution in [0.1, 0.15) is 21.6 Å². The van der Waals surface area contributed by atoms with E-state index >= 15 is 0 Å². The number of anilines is 1. The molecule has 34 heavy (non-hydrogen) atoms. The van der Waals surface area contributed by atoms with Crippen molar-refractivity contribution in [1.29, 1.82) is 5.26 Å². The monoisotopic (exact) mass is 486 g/mol. The Labute approximate surface area is 194 Å². The number of aromatic nitrogens is 2. The first kappa shape index (κ1) is 22.9. The first-order valence-corrected chi connectivity index (χ1v) is 9.84. The highest BCUT2D eigenvalue weighted by Crippen LogP contribution is 2.35. The number of hydrogen-bond donors (Lipinski definition) is 1. The maximum Gasteiger partial charge on any atom is 0.417 e. The molecule has 3 aromatic carbocycles. The molecule has 0 bridgehead atoms. The Bertz CT molecular complexity index is 1470. The molecule has 1 amide bonds. The van der Waals surface area contributed by atoms with E-state index in [1.807, 2.05) is 6.07 Å². The summed E-state index contributed by atoms with van der Waals surface area (Å²) in [5.74, 6) is -1.65. The number of nitriles is 1. The molecule has 0 saturated carbocycles. The highest BCUT2D eigenvalue weighted by Gasteiger charge is 2.33. The number of rotatable bonds is 4. The fraction of sp³-hybridized carbons (Fsp3) is 0.0435. The minimum Gasteiger partial charge on any atom is -0.454 e. The molecule has 0 saturated heterocycles. The number of amides is 1. The van der Waals surface area contributed by atoms with Crippen molar-refractivity contribution in [3.05, 3.63) is 88.5 Å². The Morgan fingerprint density at radius 3 is 2.56 bits per heavy atom. The summed E-state index contributed by atoms with van der Waals surface area (Å²) in [6, 6.07) is 12.7. The molecule has 1 aromatic heterocycles. The van der Waals surface area contributed by atoms with E-state index in [9.17, 15) is 22.4 Å². The Balaban J connectivity index is 1.52. The van der Waals surface area contributed by atoms with Crippen LogP contribution in [0.2, 0.25) is 5.02 Å². The highest BCUT2D eigenvalue weighted by atomic mass is 35.5. The van der Waals surface area contributed by atoms with Crippen molar-refractivity contribution in [2.75, 3.05) is 5.32 Å². The molecular weight excluding hydrogens is 476 g/mol. The van der Waals surface area contributed by atoms with Gasteiger partial charge in [0.05, 0.1) is 27.8 Å². The molecule has 0 fully saturated rings. The van der Waals surface area contributed by atoms with Gasteiger partial charge < -0.3 is 10.1 Å². The standard InChI is InChI=1S/C23H11ClF4N4O2/c24-17-4-1-12(7-16(17)23(26,27)28)22(33)32-13-2-6-21(18(25)8-13)34-15-3-5-19-20(9-15)31-14(10-29)11-30-19/h1-9,11H,(H,32,33). The quantitative estimate of drug-likeness (QED) is 0.339. The van der Waals surface area contributed by atoms with Gasteiger partial charge in [-0.25, -0.2) is 9.37 Å². The smallest absolute Gasteiger partial charge is 0.417 e. The molecule has 170 valence electrons. The number of benzene rings is 3. The van der Waals surface area contributed by atoms with Gasteiger partial charge >= 0.3 is 6.18 Å². The topological polar surface area (TPSA) is 87.9 Å². The SMILES string of the molecule is N#Cc1cnc2ccc(Oc3ccc(NC(=O)c4ccc(Cl)c(C(F)(F)F)c4)cc3F)cc2n1. The molecule has 0 aliphatic carbocycles. The molecule has 0 unspecified atom stereocenters. The van der Waals surface area contributed by atoms with E-state index in [2.05, 4.69) is 15.3 Å². The second-order valence-electron chi connectivity index (χ2n) is 6.91. The summed E-state index contributed by atoms with van der Waals surface area (Å²) in [7, 11) is 0. The number of ether oxygens (including phenoxy) is 1. The van der Waals surface area contributed by atoms with Crippen LogP contribution in [0.3, 0.4) is 0 Å². The molecule has 4 aromatic rings. The minimum absolute atomic E-state index is 0.00130. The number of carbonyl (C=O) groups excluding carboxylic acids is 1. The van der Waals surface area contributed by atoms with Gasteiger partial charge in [-0.05, 0) is 42.5 Å². The number of halogens is 5. The van der Waals surface area contributed by atoms with Crippen molar-refractivity contribution in [1.82, 2.24) is 9.97 Å². The van der Waals surface area contributed by atoms with Crippen LogP contribution in [0.25, 0.3) is 11.0 Å². The average molecular weight is 487 g/mol. The zero-order chi connectivity index (χ0) is 24.5. The zero-order valence-corrected chi connectivity index (χ0v) is 17.6. The Hall–Kier alpha value is -4.23. The zero-order valence-electron chi connectivity index (χ0n) is 16.8. The van der Waals surface area contributed by atoms with Gasteiger partial charge in [0.25, 0.3) is 5.91 Å². The van der Waals surface area contributed by atoms with Crippen molar-refractivity contribution in [2.45, 2.75) is 6.18 Å². The molecular formula is C23H11ClF4N4O2. The van der Waals surface area contributed by atoms with Crippen LogP contribution in [0.5, 0.6) is 11.5 Å². The lowest BCUT2D eigenvalue weighted by Crippen LogP contribution is -2.14. The molecule has 0 spiro atoms. The number of nitrogens with one attached hydrogen (secondary N) is 1. The van der Waals surface area contributed by atoms with Gasteiger partial charge in [-0.15, -0.1) is 0 Å². The molecule has 1 N–H and O–H groups in total. The lowest BCUT2D eigenvalue weighted by Gasteiger charge is -2.12. The third-order valence-electron chi connectivity index (χ3n) is 4.58. The lowest BCUT2D eigenvalue weighted by atomic mass is 10.1. The summed E-state index contributed by atoms with van der Waals surface area (Å²) >= 11 is 5.56. The van der Waals surface area contributed by atoms with Crippen molar-refractivity contribution in [3.63, 3.8) is 0 Å². The van der Waals surface area contributed by atoms with Crippen LogP contribution in [0.15, 0.2) is 60.8 Å². The van der Waals surface area contributed by atoms with Gasteiger partial charge in [-0.3, -0.25) is 9.78 Å². The van der Waals surface area contributed by atoms with Gasteiger partial charge in [-0.1, -0.05) is 11.6 Å². The normalized spacial score (nSPS) is 11.2. The molecule has 0 aliphatic rings. The van der Waals surface area contributed by atoms with Crippen molar-refractivity contribution in [2.24, 2.45) is 0 Å². The third-order valence-corrected chi connectivity index (χ3v) is 4.91. The van der Waals surface area contributed by atoms with Crippen LogP contribution in [0, 0.1) is 17.1 Å². The fourth-order valence-electron chi connectivity index (χ4n) is 2.98. The van der Waals surface area contributed by atoms with Crippen LogP contribution in [0.4, 0.5) is 23.2 Å². The number of alkyl halides is 3. The van der Waals surface area contributed by atoms with E-state index in [1.54, 1.807) is 6.07 Å². The van der Waals surface area contributed by atoms with Gasteiger partial charge in [0.2, 0.25) is 0 Å². The maximum atomic E-state index is 14.6. The largest absolute Gasteiger partial charge is 0.454 e. The summed E-state index contributed by atoms with van der Waals surface area (Å²) in [5, 5.41) is 10.7. The van der Waals surface area contributed by atoms with Crippen molar-refractivity contribution < 1.29 is 27.1 Å². The molecule has 0 radical (unpaired) electrons. The van der Waals surface area contributed by atoms with Gasteiger partial charge in [0.1, 0.15) is 11.8 Å². The third kappa shape index (κ3) is 4.89. The Morgan fingerprint density at radius 2 is 1.85 bits per heavy atom. The minimum atomic E-state index is -4.73. The lowest BCUT2D eigenvalue weighted by molar-refractivity contribution is -0.137. The van der Waals surface area contributed by atoms with Crippen molar-refractivity contribution in [3.8, 4) is 17.6 Å². The van der Waals surface area contributed by atoms with Gasteiger partial charge in [-0.2, -0.15) is 18.4 Å². The molecule has 6 nitrogen and oxygen atoms in total. The van der Waals surface area contributed by atoms with Crippen LogP contribution in [-0.2, 0) is 6.18 Å².